The van der Waals surface area contributed by atoms with Gasteiger partial charge in [-0.05, 0) is 236 Å². The summed E-state index contributed by atoms with van der Waals surface area (Å²) in [6, 6.07) is 64.4. The number of anilines is 6. The molecule has 4 fully saturated rings. The molecule has 28 heteroatoms. The normalized spacial score (nSPS) is 15.8. The molecule has 126 heavy (non-hydrogen) atoms. The Morgan fingerprint density at radius 2 is 0.913 bits per heavy atom. The van der Waals surface area contributed by atoms with Crippen molar-refractivity contribution < 1.29 is 61.5 Å². The fourth-order valence-corrected chi connectivity index (χ4v) is 18.9. The summed E-state index contributed by atoms with van der Waals surface area (Å²) in [7, 11) is 2.92. The molecule has 7 aliphatic rings. The number of fused-ring (bicyclic) bond motifs is 6. The van der Waals surface area contributed by atoms with E-state index in [0.717, 1.165) is 167 Å². The molecule has 0 spiro atoms. The highest BCUT2D eigenvalue weighted by molar-refractivity contribution is 8.00. The summed E-state index contributed by atoms with van der Waals surface area (Å²) in [5, 5.41) is 6.13. The van der Waals surface area contributed by atoms with Crippen LogP contribution in [0.3, 0.4) is 0 Å². The van der Waals surface area contributed by atoms with Crippen LogP contribution in [0.4, 0.5) is 43.7 Å². The maximum atomic E-state index is 12.4. The maximum absolute atomic E-state index is 12.4. The Balaban J connectivity index is 0.000000133. The van der Waals surface area contributed by atoms with Crippen LogP contribution in [0.5, 0.6) is 23.3 Å². The predicted octanol–water partition coefficient (Wildman–Crippen LogP) is 19.6. The van der Waals surface area contributed by atoms with Gasteiger partial charge in [-0.25, -0.2) is 19.6 Å². The van der Waals surface area contributed by atoms with Crippen LogP contribution in [0.25, 0.3) is 22.5 Å². The van der Waals surface area contributed by atoms with Gasteiger partial charge in [-0.15, -0.1) is 0 Å². The molecular formula is C98H107BClN9O14S3. The van der Waals surface area contributed by atoms with Crippen LogP contribution >= 0.6 is 46.9 Å². The van der Waals surface area contributed by atoms with Crippen molar-refractivity contribution in [2.75, 3.05) is 124 Å². The van der Waals surface area contributed by atoms with E-state index >= 15 is 0 Å². The van der Waals surface area contributed by atoms with Gasteiger partial charge in [0.2, 0.25) is 17.3 Å². The number of nitrogens with two attached hydrogens (primary N) is 1. The van der Waals surface area contributed by atoms with Gasteiger partial charge >= 0.3 is 19.3 Å². The molecular weight excluding hydrogens is 1670 g/mol. The summed E-state index contributed by atoms with van der Waals surface area (Å²) < 4.78 is 62.3. The third-order valence-electron chi connectivity index (χ3n) is 22.3. The van der Waals surface area contributed by atoms with Gasteiger partial charge in [0.05, 0.1) is 76.5 Å². The molecule has 0 saturated carbocycles. The number of amides is 2. The standard InChI is InChI=1S/C35H37N3O5S.C24H30BNO4S.C22H21N3O2S.C17H19ClN2O3/c1-35(2,3)43-34(39)36-26-10-13-31-25(19-26)18-24-6-5-7-29(33(24)44-31)30-20-27(38-14-16-41-17-15-38)21-32(37-30)42-22-23-8-11-28(40-4)12-9-23;1-22(2,3)28-21(27)26-17-11-12-19-16(14-17)13-15-9-8-10-18(20(15)31-19)25-29-23(4,5)24(6,7)30-25;23-16-4-5-20-15(11-16)10-14-2-1-3-18(22(14)28-20)19-12-17(13-21(26)24-19)25-6-8-27-9-7-25;1-21-15-4-2-13(3-5-15)12-23-17-11-14(10-16(18)19-17)20-6-8-22-9-7-20/h5-13,19-21H,14-18,22H2,1-4H3,(H,36,39);8-12,14H,13H2,1-7H3,(H,26,27);1-5,11-13H,6-10,23H2,(H,24,26);2-5,10-11H,6-9,12H2,1H3. The van der Waals surface area contributed by atoms with E-state index in [4.69, 9.17) is 74.3 Å². The fourth-order valence-electron chi connectivity index (χ4n) is 15.2. The molecule has 0 radical (unpaired) electrons. The molecule has 5 N–H and O–H groups in total. The molecule has 11 aromatic rings. The molecule has 656 valence electrons. The van der Waals surface area contributed by atoms with Crippen LogP contribution in [0.2, 0.25) is 5.15 Å². The maximum Gasteiger partial charge on any atom is 0.496 e. The van der Waals surface area contributed by atoms with E-state index in [1.165, 1.54) is 52.3 Å². The minimum absolute atomic E-state index is 0.0782. The van der Waals surface area contributed by atoms with Crippen molar-refractivity contribution in [2.45, 2.75) is 153 Å². The molecule has 4 saturated heterocycles. The number of carbonyl (C=O) groups is 2. The zero-order valence-corrected chi connectivity index (χ0v) is 76.4. The Labute approximate surface area is 754 Å². The van der Waals surface area contributed by atoms with Crippen molar-refractivity contribution in [2.24, 2.45) is 0 Å². The monoisotopic (exact) mass is 1780 g/mol. The molecule has 18 rings (SSSR count). The van der Waals surface area contributed by atoms with Crippen molar-refractivity contribution in [3.63, 3.8) is 0 Å². The van der Waals surface area contributed by atoms with E-state index in [9.17, 15) is 14.4 Å². The summed E-state index contributed by atoms with van der Waals surface area (Å²) in [5.41, 5.74) is 23.6. The summed E-state index contributed by atoms with van der Waals surface area (Å²) in [4.78, 5) is 63.0. The number of carbonyl (C=O) groups excluding carboxylic acids is 2. The van der Waals surface area contributed by atoms with Gasteiger partial charge in [-0.1, -0.05) is 126 Å². The van der Waals surface area contributed by atoms with Crippen LogP contribution in [0.15, 0.2) is 228 Å². The summed E-state index contributed by atoms with van der Waals surface area (Å²) in [5.74, 6) is 2.74. The lowest BCUT2D eigenvalue weighted by Gasteiger charge is -2.32. The number of halogens is 1. The van der Waals surface area contributed by atoms with Crippen LogP contribution in [-0.2, 0) is 65.5 Å². The van der Waals surface area contributed by atoms with Crippen LogP contribution in [0, 0.1) is 0 Å². The van der Waals surface area contributed by atoms with Crippen molar-refractivity contribution >= 4 is 106 Å². The second-order valence-corrected chi connectivity index (χ2v) is 37.9. The van der Waals surface area contributed by atoms with Gasteiger partial charge in [-0.2, -0.15) is 0 Å². The number of nitrogens with one attached hydrogen (secondary N) is 3. The lowest BCUT2D eigenvalue weighted by atomic mass is 9.77. The van der Waals surface area contributed by atoms with Crippen molar-refractivity contribution in [3.05, 3.63) is 254 Å². The van der Waals surface area contributed by atoms with Crippen molar-refractivity contribution in [3.8, 4) is 45.8 Å². The Morgan fingerprint density at radius 3 is 1.40 bits per heavy atom. The predicted molar refractivity (Wildman–Crippen MR) is 502 cm³/mol. The highest BCUT2D eigenvalue weighted by Crippen LogP contribution is 2.49. The number of H-pyrrole nitrogens is 1. The largest absolute Gasteiger partial charge is 0.497 e. The van der Waals surface area contributed by atoms with E-state index in [2.05, 4.69) is 154 Å². The highest BCUT2D eigenvalue weighted by Gasteiger charge is 2.52. The van der Waals surface area contributed by atoms with Crippen molar-refractivity contribution in [1.29, 1.82) is 0 Å². The molecule has 0 aliphatic carbocycles. The van der Waals surface area contributed by atoms with E-state index < -0.39 is 23.4 Å². The molecule has 8 aromatic carbocycles. The molecule has 3 aromatic heterocycles. The number of rotatable bonds is 16. The number of nitrogen functional groups attached to an aromatic ring is 1. The zero-order valence-electron chi connectivity index (χ0n) is 73.2. The number of benzene rings is 8. The van der Waals surface area contributed by atoms with Gasteiger partial charge in [0.15, 0.2) is 0 Å². The number of morpholine rings is 3. The molecule has 2 amide bonds. The summed E-state index contributed by atoms with van der Waals surface area (Å²) in [6.45, 7) is 29.4. The number of hydrogen-bond acceptors (Lipinski definition) is 23. The third-order valence-corrected chi connectivity index (χ3v) is 26.4. The van der Waals surface area contributed by atoms with Crippen LogP contribution in [0.1, 0.15) is 114 Å². The fraction of sp³-hybridized carbons (Fsp3) is 0.337. The number of pyridine rings is 3. The highest BCUT2D eigenvalue weighted by atomic mass is 35.5. The van der Waals surface area contributed by atoms with E-state index in [1.54, 1.807) is 55.6 Å². The van der Waals surface area contributed by atoms with Crippen LogP contribution in [-0.4, -0.2) is 150 Å². The van der Waals surface area contributed by atoms with Gasteiger partial charge in [0.1, 0.15) is 41.1 Å². The third kappa shape index (κ3) is 22.9. The number of nitrogens with zero attached hydrogens (tertiary/aromatic N) is 5. The summed E-state index contributed by atoms with van der Waals surface area (Å²) >= 11 is 11.3. The number of aromatic amines is 1. The topological polar surface area (TPSA) is 254 Å². The minimum Gasteiger partial charge on any atom is -0.497 e. The Bertz CT molecular complexity index is 5780. The lowest BCUT2D eigenvalue weighted by Crippen LogP contribution is -2.41. The smallest absolute Gasteiger partial charge is 0.496 e. The van der Waals surface area contributed by atoms with Gasteiger partial charge in [-0.3, -0.25) is 15.4 Å². The van der Waals surface area contributed by atoms with Gasteiger partial charge in [0.25, 0.3) is 0 Å². The molecule has 7 aliphatic heterocycles. The first kappa shape index (κ1) is 90.0. The first-order valence-corrected chi connectivity index (χ1v) is 45.2. The molecule has 23 nitrogen and oxygen atoms in total. The Kier molecular flexibility index (Phi) is 28.3. The van der Waals surface area contributed by atoms with E-state index in [0.29, 0.717) is 56.6 Å². The number of hydrogen-bond donors (Lipinski definition) is 4. The number of aromatic nitrogens is 3. The molecule has 0 atom stereocenters. The lowest BCUT2D eigenvalue weighted by molar-refractivity contribution is 0.00578. The number of ether oxygens (including phenoxy) is 9. The minimum atomic E-state index is -0.558. The second-order valence-electron chi connectivity index (χ2n) is 34.3. The first-order chi connectivity index (χ1) is 60.5. The first-order valence-electron chi connectivity index (χ1n) is 42.3. The quantitative estimate of drug-likeness (QED) is 0.0398. The zero-order chi connectivity index (χ0) is 88.4. The number of methoxy groups -OCH3 is 2. The van der Waals surface area contributed by atoms with Gasteiger partial charge < -0.3 is 77.4 Å². The van der Waals surface area contributed by atoms with Crippen molar-refractivity contribution in [1.82, 2.24) is 15.0 Å². The summed E-state index contributed by atoms with van der Waals surface area (Å²) in [6.07, 6.45) is 1.48. The molecule has 0 bridgehead atoms. The van der Waals surface area contributed by atoms with Crippen LogP contribution < -0.4 is 61.0 Å². The average molecular weight is 1780 g/mol. The Morgan fingerprint density at radius 1 is 0.492 bits per heavy atom. The Hall–Kier alpha value is -10.8. The SMILES string of the molecule is CC(C)(C)OC(=O)Nc1ccc2c(c1)Cc1cccc(B3OC(C)(C)C(C)(C)O3)c1S2.COc1ccc(COc2cc(N3CCOCC3)cc(-c3cccc4c3Sc3ccc(NC(=O)OC(C)(C)C)cc3C4)n2)cc1.COc1ccc(COc2cc(N3CCOCC3)cc(Cl)n2)cc1.Nc1ccc2c(c1)Cc1cccc(-c3cc(N4CCOCC4)cc(=O)[nH]3)c1S2. The second kappa shape index (κ2) is 39.6. The van der Waals surface area contributed by atoms with E-state index in [1.807, 2.05) is 139 Å². The molecule has 0 unspecified atom stereocenters. The average Bonchev–Trinajstić information content (AvgIpc) is 1.34. The molecule has 10 heterocycles. The van der Waals surface area contributed by atoms with Gasteiger partial charge in [0, 0.05) is 132 Å². The van der Waals surface area contributed by atoms with E-state index in [-0.39, 0.29) is 23.9 Å².